The van der Waals surface area contributed by atoms with Gasteiger partial charge < -0.3 is 9.47 Å². The molecular weight excluding hydrogens is 446 g/mol. The van der Waals surface area contributed by atoms with Crippen molar-refractivity contribution >= 4 is 35.2 Å². The van der Waals surface area contributed by atoms with E-state index in [-0.39, 0.29) is 17.9 Å². The third-order valence-electron chi connectivity index (χ3n) is 4.74. The fraction of sp³-hybridized carbons (Fsp3) is 0.182. The van der Waals surface area contributed by atoms with Crippen LogP contribution in [0.3, 0.4) is 0 Å². The molecule has 0 aliphatic carbocycles. The minimum atomic E-state index is -0.530. The Hall–Kier alpha value is -3.99. The summed E-state index contributed by atoms with van der Waals surface area (Å²) < 4.78 is 12.0. The van der Waals surface area contributed by atoms with Crippen LogP contribution >= 0.6 is 11.8 Å². The maximum Gasteiger partial charge on any atom is 0.340 e. The van der Waals surface area contributed by atoms with Gasteiger partial charge in [0.2, 0.25) is 5.16 Å². The Balaban J connectivity index is 1.74. The van der Waals surface area contributed by atoms with Gasteiger partial charge in [-0.05, 0) is 55.0 Å². The van der Waals surface area contributed by atoms with E-state index in [4.69, 9.17) is 9.47 Å². The van der Waals surface area contributed by atoms with E-state index in [0.717, 1.165) is 5.56 Å². The van der Waals surface area contributed by atoms with Crippen molar-refractivity contribution in [2.75, 3.05) is 19.5 Å². The Morgan fingerprint density at radius 3 is 2.55 bits per heavy atom. The zero-order valence-electron chi connectivity index (χ0n) is 17.8. The minimum absolute atomic E-state index is 0.0336. The molecule has 4 rings (SSSR count). The van der Waals surface area contributed by atoms with Crippen LogP contribution in [0.15, 0.2) is 64.4 Å². The lowest BCUT2D eigenvalue weighted by Crippen LogP contribution is -2.21. The average Bonchev–Trinajstić information content (AvgIpc) is 3.26. The first-order chi connectivity index (χ1) is 16.0. The lowest BCUT2D eigenvalue weighted by molar-refractivity contribution is -0.384. The number of ether oxygens (including phenoxy) is 2. The topological polar surface area (TPSA) is 122 Å². The van der Waals surface area contributed by atoms with E-state index in [1.807, 2.05) is 24.3 Å². The van der Waals surface area contributed by atoms with Crippen molar-refractivity contribution in [2.24, 2.45) is 5.10 Å². The quantitative estimate of drug-likeness (QED) is 0.223. The highest BCUT2D eigenvalue weighted by atomic mass is 32.2. The maximum atomic E-state index is 12.8. The molecule has 10 nitrogen and oxygen atoms in total. The number of nitro benzene ring substituents is 1. The Kier molecular flexibility index (Phi) is 6.50. The van der Waals surface area contributed by atoms with Gasteiger partial charge in [-0.2, -0.15) is 9.78 Å². The molecule has 0 spiro atoms. The van der Waals surface area contributed by atoms with Crippen LogP contribution in [0.5, 0.6) is 5.75 Å². The van der Waals surface area contributed by atoms with Crippen LogP contribution in [0.25, 0.3) is 17.5 Å². The van der Waals surface area contributed by atoms with Gasteiger partial charge in [0, 0.05) is 23.4 Å². The molecular formula is C22H19N5O5S. The number of fused-ring (bicyclic) bond motifs is 1. The highest BCUT2D eigenvalue weighted by molar-refractivity contribution is 7.99. The van der Waals surface area contributed by atoms with Gasteiger partial charge in [0.1, 0.15) is 5.75 Å². The van der Waals surface area contributed by atoms with E-state index >= 15 is 0 Å². The van der Waals surface area contributed by atoms with Crippen LogP contribution < -0.4 is 4.74 Å². The standard InChI is InChI=1S/C22H19N5O5S/c1-3-32-21(28)18(12-14-4-8-16(9-5-14)27(29)30)19-13-33-22-24-23-20(26(22)25-19)15-6-10-17(31-2)11-7-15/h4-12H,3,13H2,1-2H3. The van der Waals surface area contributed by atoms with Gasteiger partial charge in [0.25, 0.3) is 5.69 Å². The number of aromatic nitrogens is 3. The number of carbonyl (C=O) groups is 1. The number of hydrogen-bond donors (Lipinski definition) is 0. The van der Waals surface area contributed by atoms with Crippen LogP contribution in [0.1, 0.15) is 12.5 Å². The molecule has 2 aromatic carbocycles. The summed E-state index contributed by atoms with van der Waals surface area (Å²) in [6, 6.07) is 13.2. The zero-order chi connectivity index (χ0) is 23.4. The van der Waals surface area contributed by atoms with Gasteiger partial charge in [0.05, 0.1) is 29.9 Å². The first kappa shape index (κ1) is 22.2. The summed E-state index contributed by atoms with van der Waals surface area (Å²) >= 11 is 1.40. The third-order valence-corrected chi connectivity index (χ3v) is 5.67. The van der Waals surface area contributed by atoms with Gasteiger partial charge >= 0.3 is 5.97 Å². The summed E-state index contributed by atoms with van der Waals surface area (Å²) in [7, 11) is 1.59. The number of hydrogen-bond acceptors (Lipinski definition) is 9. The number of thioether (sulfide) groups is 1. The number of esters is 1. The van der Waals surface area contributed by atoms with E-state index in [1.54, 1.807) is 36.9 Å². The molecule has 168 valence electrons. The third kappa shape index (κ3) is 4.77. The van der Waals surface area contributed by atoms with Crippen LogP contribution in [0, 0.1) is 10.1 Å². The second kappa shape index (κ2) is 9.65. The number of nitro groups is 1. The molecule has 11 heteroatoms. The number of nitrogens with zero attached hydrogens (tertiary/aromatic N) is 5. The maximum absolute atomic E-state index is 12.8. The molecule has 0 saturated heterocycles. The highest BCUT2D eigenvalue weighted by Crippen LogP contribution is 2.30. The lowest BCUT2D eigenvalue weighted by Gasteiger charge is -2.16. The predicted octanol–water partition coefficient (Wildman–Crippen LogP) is 3.82. The molecule has 1 aliphatic rings. The molecule has 1 aliphatic heterocycles. The molecule has 0 N–H and O–H groups in total. The van der Waals surface area contributed by atoms with Crippen LogP contribution in [-0.2, 0) is 9.53 Å². The summed E-state index contributed by atoms with van der Waals surface area (Å²) in [5.74, 6) is 1.10. The smallest absolute Gasteiger partial charge is 0.340 e. The van der Waals surface area contributed by atoms with Crippen LogP contribution in [0.2, 0.25) is 0 Å². The molecule has 0 radical (unpaired) electrons. The molecule has 0 fully saturated rings. The summed E-state index contributed by atoms with van der Waals surface area (Å²) in [6.45, 7) is 1.92. The molecule has 0 unspecified atom stereocenters. The first-order valence-corrected chi connectivity index (χ1v) is 10.9. The highest BCUT2D eigenvalue weighted by Gasteiger charge is 2.25. The van der Waals surface area contributed by atoms with Crippen LogP contribution in [-0.4, -0.2) is 50.9 Å². The number of benzene rings is 2. The second-order valence-corrected chi connectivity index (χ2v) is 7.75. The van der Waals surface area contributed by atoms with Crippen molar-refractivity contribution in [3.63, 3.8) is 0 Å². The van der Waals surface area contributed by atoms with Gasteiger partial charge in [0.15, 0.2) is 5.82 Å². The largest absolute Gasteiger partial charge is 0.497 e. The molecule has 3 aromatic rings. The molecule has 0 bridgehead atoms. The number of methoxy groups -OCH3 is 1. The van der Waals surface area contributed by atoms with Crippen molar-refractivity contribution in [3.05, 3.63) is 69.8 Å². The molecule has 33 heavy (non-hydrogen) atoms. The van der Waals surface area contributed by atoms with Crippen molar-refractivity contribution in [3.8, 4) is 17.1 Å². The van der Waals surface area contributed by atoms with E-state index in [2.05, 4.69) is 15.3 Å². The monoisotopic (exact) mass is 465 g/mol. The Labute approximate surface area is 193 Å². The van der Waals surface area contributed by atoms with E-state index < -0.39 is 10.9 Å². The van der Waals surface area contributed by atoms with E-state index in [1.165, 1.54) is 23.9 Å². The minimum Gasteiger partial charge on any atom is -0.497 e. The fourth-order valence-electron chi connectivity index (χ4n) is 3.11. The Morgan fingerprint density at radius 2 is 1.91 bits per heavy atom. The summed E-state index contributed by atoms with van der Waals surface area (Å²) in [5.41, 5.74) is 2.12. The van der Waals surface area contributed by atoms with Crippen molar-refractivity contribution < 1.29 is 19.2 Å². The van der Waals surface area contributed by atoms with Crippen molar-refractivity contribution in [1.29, 1.82) is 0 Å². The molecule has 0 atom stereocenters. The molecule has 1 aromatic heterocycles. The van der Waals surface area contributed by atoms with Crippen molar-refractivity contribution in [2.45, 2.75) is 12.1 Å². The predicted molar refractivity (Wildman–Crippen MR) is 123 cm³/mol. The van der Waals surface area contributed by atoms with Crippen molar-refractivity contribution in [1.82, 2.24) is 14.9 Å². The van der Waals surface area contributed by atoms with Gasteiger partial charge in [-0.25, -0.2) is 4.79 Å². The SMILES string of the molecule is CCOC(=O)C(=Cc1ccc([N+](=O)[O-])cc1)C1=Nn2c(nnc2-c2ccc(OC)cc2)SC1. The lowest BCUT2D eigenvalue weighted by atomic mass is 10.1. The number of carbonyl (C=O) groups excluding carboxylic acids is 1. The molecule has 2 heterocycles. The van der Waals surface area contributed by atoms with Gasteiger partial charge in [-0.1, -0.05) is 11.8 Å². The zero-order valence-corrected chi connectivity index (χ0v) is 18.6. The van der Waals surface area contributed by atoms with Crippen LogP contribution in [0.4, 0.5) is 5.69 Å². The number of non-ortho nitro benzene ring substituents is 1. The fourth-order valence-corrected chi connectivity index (χ4v) is 3.93. The number of rotatable bonds is 7. The van der Waals surface area contributed by atoms with Gasteiger partial charge in [-0.15, -0.1) is 10.2 Å². The Morgan fingerprint density at radius 1 is 1.18 bits per heavy atom. The first-order valence-electron chi connectivity index (χ1n) is 9.94. The molecule has 0 saturated carbocycles. The summed E-state index contributed by atoms with van der Waals surface area (Å²) in [6.07, 6.45) is 1.61. The Bertz CT molecular complexity index is 1250. The van der Waals surface area contributed by atoms with E-state index in [0.29, 0.717) is 33.8 Å². The molecule has 0 amide bonds. The summed E-state index contributed by atoms with van der Waals surface area (Å²) in [4.78, 5) is 23.2. The normalized spacial score (nSPS) is 13.2. The van der Waals surface area contributed by atoms with Gasteiger partial charge in [-0.3, -0.25) is 10.1 Å². The second-order valence-electron chi connectivity index (χ2n) is 6.81. The average molecular weight is 465 g/mol. The summed E-state index contributed by atoms with van der Waals surface area (Å²) in [5, 5.41) is 24.6. The van der Waals surface area contributed by atoms with E-state index in [9.17, 15) is 14.9 Å².